The van der Waals surface area contributed by atoms with E-state index in [9.17, 15) is 0 Å². The predicted molar refractivity (Wildman–Crippen MR) is 72.1 cm³/mol. The van der Waals surface area contributed by atoms with Crippen molar-refractivity contribution in [3.8, 4) is 0 Å². The zero-order valence-electron chi connectivity index (χ0n) is 11.3. The Morgan fingerprint density at radius 2 is 2.00 bits per heavy atom. The smallest absolute Gasteiger partial charge is 0.0207 e. The first-order chi connectivity index (χ1) is 8.31. The summed E-state index contributed by atoms with van der Waals surface area (Å²) in [7, 11) is 0. The van der Waals surface area contributed by atoms with Gasteiger partial charge >= 0.3 is 0 Å². The molecular weight excluding hydrogens is 208 g/mol. The van der Waals surface area contributed by atoms with Gasteiger partial charge in [0.15, 0.2) is 0 Å². The van der Waals surface area contributed by atoms with Gasteiger partial charge in [-0.1, -0.05) is 19.8 Å². The molecule has 0 bridgehead atoms. The highest BCUT2D eigenvalue weighted by atomic mass is 15.2. The highest BCUT2D eigenvalue weighted by molar-refractivity contribution is 4.92. The average molecular weight is 236 g/mol. The van der Waals surface area contributed by atoms with Crippen LogP contribution in [0.3, 0.4) is 0 Å². The van der Waals surface area contributed by atoms with Crippen LogP contribution in [-0.2, 0) is 0 Å². The van der Waals surface area contributed by atoms with E-state index in [1.807, 2.05) is 0 Å². The van der Waals surface area contributed by atoms with Crippen molar-refractivity contribution in [3.63, 3.8) is 0 Å². The van der Waals surface area contributed by atoms with Crippen molar-refractivity contribution in [2.24, 2.45) is 11.8 Å². The summed E-state index contributed by atoms with van der Waals surface area (Å²) in [6, 6.07) is 1.77. The molecule has 3 aliphatic rings. The van der Waals surface area contributed by atoms with Gasteiger partial charge in [0.05, 0.1) is 0 Å². The van der Waals surface area contributed by atoms with Crippen LogP contribution in [0.15, 0.2) is 0 Å². The third-order valence-electron chi connectivity index (χ3n) is 5.02. The van der Waals surface area contributed by atoms with Crippen LogP contribution in [0.2, 0.25) is 0 Å². The monoisotopic (exact) mass is 236 g/mol. The minimum atomic E-state index is 0.799. The lowest BCUT2D eigenvalue weighted by Gasteiger charge is -2.28. The summed E-state index contributed by atoms with van der Waals surface area (Å²) in [5, 5.41) is 3.84. The van der Waals surface area contributed by atoms with Crippen LogP contribution in [-0.4, -0.2) is 36.6 Å². The minimum absolute atomic E-state index is 0.799. The second-order valence-electron chi connectivity index (χ2n) is 6.76. The highest BCUT2D eigenvalue weighted by Crippen LogP contribution is 2.31. The zero-order chi connectivity index (χ0) is 11.7. The fourth-order valence-electron chi connectivity index (χ4n) is 3.80. The quantitative estimate of drug-likeness (QED) is 0.807. The molecule has 1 heterocycles. The van der Waals surface area contributed by atoms with Crippen molar-refractivity contribution in [1.29, 1.82) is 0 Å². The van der Waals surface area contributed by atoms with E-state index in [0.29, 0.717) is 0 Å². The van der Waals surface area contributed by atoms with Crippen molar-refractivity contribution in [3.05, 3.63) is 0 Å². The molecule has 98 valence electrons. The Labute approximate surface area is 106 Å². The molecule has 0 aromatic rings. The maximum atomic E-state index is 3.84. The molecule has 1 N–H and O–H groups in total. The summed E-state index contributed by atoms with van der Waals surface area (Å²) >= 11 is 0. The summed E-state index contributed by atoms with van der Waals surface area (Å²) in [6.07, 6.45) is 10.2. The first-order valence-corrected chi connectivity index (χ1v) is 7.78. The summed E-state index contributed by atoms with van der Waals surface area (Å²) in [5.74, 6) is 1.94. The van der Waals surface area contributed by atoms with E-state index in [-0.39, 0.29) is 0 Å². The number of hydrogen-bond donors (Lipinski definition) is 1. The SMILES string of the molecule is CC1CCCC(CNC2CCN(C3CC3)C2)C1. The summed E-state index contributed by atoms with van der Waals surface area (Å²) in [4.78, 5) is 2.71. The van der Waals surface area contributed by atoms with E-state index in [0.717, 1.165) is 23.9 Å². The third kappa shape index (κ3) is 3.23. The molecule has 0 aromatic heterocycles. The Kier molecular flexibility index (Phi) is 3.72. The number of likely N-dealkylation sites (tertiary alicyclic amines) is 1. The predicted octanol–water partition coefficient (Wildman–Crippen LogP) is 2.64. The Hall–Kier alpha value is -0.0800. The number of rotatable bonds is 4. The van der Waals surface area contributed by atoms with Crippen molar-refractivity contribution in [2.45, 2.75) is 64.0 Å². The standard InChI is InChI=1S/C15H28N2/c1-12-3-2-4-13(9-12)10-16-14-7-8-17(11-14)15-5-6-15/h12-16H,2-11H2,1H3. The van der Waals surface area contributed by atoms with Gasteiger partial charge in [0.2, 0.25) is 0 Å². The van der Waals surface area contributed by atoms with Gasteiger partial charge in [-0.05, 0) is 50.5 Å². The zero-order valence-corrected chi connectivity index (χ0v) is 11.3. The first-order valence-electron chi connectivity index (χ1n) is 7.78. The van der Waals surface area contributed by atoms with Gasteiger partial charge in [0.25, 0.3) is 0 Å². The van der Waals surface area contributed by atoms with E-state index < -0.39 is 0 Å². The molecule has 0 spiro atoms. The molecule has 1 aliphatic heterocycles. The van der Waals surface area contributed by atoms with Gasteiger partial charge in [-0.15, -0.1) is 0 Å². The first kappa shape index (κ1) is 12.0. The normalized spacial score (nSPS) is 39.7. The molecule has 3 atom stereocenters. The topological polar surface area (TPSA) is 15.3 Å². The van der Waals surface area contributed by atoms with Gasteiger partial charge in [0, 0.05) is 25.2 Å². The molecule has 17 heavy (non-hydrogen) atoms. The number of nitrogens with zero attached hydrogens (tertiary/aromatic N) is 1. The molecule has 3 unspecified atom stereocenters. The summed E-state index contributed by atoms with van der Waals surface area (Å²) in [6.45, 7) is 6.39. The Balaban J connectivity index is 1.36. The van der Waals surface area contributed by atoms with Crippen molar-refractivity contribution in [2.75, 3.05) is 19.6 Å². The van der Waals surface area contributed by atoms with Crippen LogP contribution in [0, 0.1) is 11.8 Å². The van der Waals surface area contributed by atoms with Crippen LogP contribution in [0.5, 0.6) is 0 Å². The van der Waals surface area contributed by atoms with Gasteiger partial charge in [0.1, 0.15) is 0 Å². The lowest BCUT2D eigenvalue weighted by atomic mass is 9.82. The fraction of sp³-hybridized carbons (Fsp3) is 1.00. The second-order valence-corrected chi connectivity index (χ2v) is 6.76. The molecule has 3 fully saturated rings. The third-order valence-corrected chi connectivity index (χ3v) is 5.02. The van der Waals surface area contributed by atoms with E-state index >= 15 is 0 Å². The molecule has 0 amide bonds. The van der Waals surface area contributed by atoms with Crippen LogP contribution in [0.4, 0.5) is 0 Å². The highest BCUT2D eigenvalue weighted by Gasteiger charge is 2.34. The molecule has 2 aliphatic carbocycles. The molecule has 2 nitrogen and oxygen atoms in total. The Bertz CT molecular complexity index is 249. The van der Waals surface area contributed by atoms with E-state index in [1.54, 1.807) is 0 Å². The number of hydrogen-bond acceptors (Lipinski definition) is 2. The Morgan fingerprint density at radius 1 is 1.12 bits per heavy atom. The van der Waals surface area contributed by atoms with Gasteiger partial charge in [-0.3, -0.25) is 4.90 Å². The Morgan fingerprint density at radius 3 is 2.76 bits per heavy atom. The van der Waals surface area contributed by atoms with Crippen LogP contribution >= 0.6 is 0 Å². The number of nitrogens with one attached hydrogen (secondary N) is 1. The second kappa shape index (κ2) is 5.27. The average Bonchev–Trinajstić information content (AvgIpc) is 3.07. The lowest BCUT2D eigenvalue weighted by Crippen LogP contribution is -2.37. The summed E-state index contributed by atoms with van der Waals surface area (Å²) < 4.78 is 0. The minimum Gasteiger partial charge on any atom is -0.312 e. The van der Waals surface area contributed by atoms with Crippen molar-refractivity contribution in [1.82, 2.24) is 10.2 Å². The van der Waals surface area contributed by atoms with Crippen molar-refractivity contribution < 1.29 is 0 Å². The maximum Gasteiger partial charge on any atom is 0.0207 e. The van der Waals surface area contributed by atoms with Crippen LogP contribution in [0.1, 0.15) is 51.9 Å². The maximum absolute atomic E-state index is 3.84. The molecule has 2 saturated carbocycles. The van der Waals surface area contributed by atoms with Gasteiger partial charge < -0.3 is 5.32 Å². The van der Waals surface area contributed by atoms with Crippen LogP contribution < -0.4 is 5.32 Å². The van der Waals surface area contributed by atoms with Gasteiger partial charge in [-0.25, -0.2) is 0 Å². The molecule has 0 radical (unpaired) electrons. The molecular formula is C15H28N2. The van der Waals surface area contributed by atoms with E-state index in [4.69, 9.17) is 0 Å². The summed E-state index contributed by atoms with van der Waals surface area (Å²) in [5.41, 5.74) is 0. The van der Waals surface area contributed by atoms with E-state index in [1.165, 1.54) is 64.6 Å². The molecule has 0 aromatic carbocycles. The lowest BCUT2D eigenvalue weighted by molar-refractivity contribution is 0.262. The molecule has 2 heteroatoms. The molecule has 1 saturated heterocycles. The molecule has 3 rings (SSSR count). The van der Waals surface area contributed by atoms with Gasteiger partial charge in [-0.2, -0.15) is 0 Å². The van der Waals surface area contributed by atoms with E-state index in [2.05, 4.69) is 17.1 Å². The van der Waals surface area contributed by atoms with Crippen molar-refractivity contribution >= 4 is 0 Å². The van der Waals surface area contributed by atoms with Crippen LogP contribution in [0.25, 0.3) is 0 Å². The largest absolute Gasteiger partial charge is 0.312 e. The fourth-order valence-corrected chi connectivity index (χ4v) is 3.80.